The quantitative estimate of drug-likeness (QED) is 0.579. The van der Waals surface area contributed by atoms with Crippen LogP contribution >= 0.6 is 0 Å². The predicted molar refractivity (Wildman–Crippen MR) is 50.6 cm³/mol. The van der Waals surface area contributed by atoms with Gasteiger partial charge in [-0.25, -0.2) is 0 Å². The molecule has 0 heterocycles. The molecule has 0 heteroatoms. The first-order chi connectivity index (χ1) is 5.22. The minimum atomic E-state index is 0.963. The average molecular weight is 154 g/mol. The second-order valence-corrected chi connectivity index (χ2v) is 4.53. The van der Waals surface area contributed by atoms with E-state index in [2.05, 4.69) is 20.8 Å². The van der Waals surface area contributed by atoms with Crippen LogP contribution in [0.1, 0.15) is 52.9 Å². The maximum absolute atomic E-state index is 2.40. The standard InChI is InChI=1S/C11H22/c1-4-9(2)7-11-6-5-10(3)8-11/h9-11H,4-8H2,1-3H3/t9?,10-,11?/m0/s1. The summed E-state index contributed by atoms with van der Waals surface area (Å²) in [5.41, 5.74) is 0. The summed E-state index contributed by atoms with van der Waals surface area (Å²) in [7, 11) is 0. The third-order valence-electron chi connectivity index (χ3n) is 3.24. The van der Waals surface area contributed by atoms with Crippen LogP contribution in [0.25, 0.3) is 0 Å². The lowest BCUT2D eigenvalue weighted by Gasteiger charge is -2.14. The van der Waals surface area contributed by atoms with Gasteiger partial charge in [0.25, 0.3) is 0 Å². The summed E-state index contributed by atoms with van der Waals surface area (Å²) in [5.74, 6) is 3.05. The molecule has 0 saturated heterocycles. The second-order valence-electron chi connectivity index (χ2n) is 4.53. The summed E-state index contributed by atoms with van der Waals surface area (Å²) in [6, 6.07) is 0. The van der Waals surface area contributed by atoms with E-state index in [0.717, 1.165) is 17.8 Å². The van der Waals surface area contributed by atoms with Crippen LogP contribution in [0, 0.1) is 17.8 Å². The third kappa shape index (κ3) is 2.84. The highest BCUT2D eigenvalue weighted by molar-refractivity contribution is 4.73. The van der Waals surface area contributed by atoms with Crippen LogP contribution in [-0.2, 0) is 0 Å². The molecule has 1 aliphatic carbocycles. The molecule has 1 fully saturated rings. The smallest absolute Gasteiger partial charge is 0.0409 e. The molecule has 1 aliphatic rings. The van der Waals surface area contributed by atoms with E-state index in [1.54, 1.807) is 0 Å². The molecule has 1 rings (SSSR count). The van der Waals surface area contributed by atoms with E-state index in [9.17, 15) is 0 Å². The first-order valence-electron chi connectivity index (χ1n) is 5.22. The predicted octanol–water partition coefficient (Wildman–Crippen LogP) is 3.86. The van der Waals surface area contributed by atoms with Crippen molar-refractivity contribution in [1.29, 1.82) is 0 Å². The van der Waals surface area contributed by atoms with Crippen LogP contribution in [0.2, 0.25) is 0 Å². The Kier molecular flexibility index (Phi) is 3.42. The summed E-state index contributed by atoms with van der Waals surface area (Å²) in [6.45, 7) is 7.10. The van der Waals surface area contributed by atoms with Gasteiger partial charge in [-0.2, -0.15) is 0 Å². The highest BCUT2D eigenvalue weighted by atomic mass is 14.3. The Hall–Kier alpha value is 0. The van der Waals surface area contributed by atoms with E-state index >= 15 is 0 Å². The molecule has 0 spiro atoms. The van der Waals surface area contributed by atoms with Gasteiger partial charge in [0.05, 0.1) is 0 Å². The van der Waals surface area contributed by atoms with Crippen LogP contribution < -0.4 is 0 Å². The van der Waals surface area contributed by atoms with Crippen LogP contribution in [-0.4, -0.2) is 0 Å². The monoisotopic (exact) mass is 154 g/mol. The Labute approximate surface area is 71.4 Å². The average Bonchev–Trinajstić information content (AvgIpc) is 2.35. The van der Waals surface area contributed by atoms with E-state index in [0.29, 0.717) is 0 Å². The van der Waals surface area contributed by atoms with Crippen molar-refractivity contribution in [3.8, 4) is 0 Å². The van der Waals surface area contributed by atoms with Crippen molar-refractivity contribution in [2.75, 3.05) is 0 Å². The molecule has 0 aliphatic heterocycles. The maximum atomic E-state index is 2.40. The molecule has 0 N–H and O–H groups in total. The zero-order valence-electron chi connectivity index (χ0n) is 8.27. The first kappa shape index (κ1) is 9.09. The van der Waals surface area contributed by atoms with E-state index < -0.39 is 0 Å². The van der Waals surface area contributed by atoms with Crippen LogP contribution in [0.3, 0.4) is 0 Å². The van der Waals surface area contributed by atoms with Gasteiger partial charge in [0.1, 0.15) is 0 Å². The lowest BCUT2D eigenvalue weighted by molar-refractivity contribution is 0.381. The molecule has 66 valence electrons. The topological polar surface area (TPSA) is 0 Å². The zero-order chi connectivity index (χ0) is 8.27. The van der Waals surface area contributed by atoms with Gasteiger partial charge in [-0.15, -0.1) is 0 Å². The largest absolute Gasteiger partial charge is 0.0651 e. The first-order valence-corrected chi connectivity index (χ1v) is 5.22. The van der Waals surface area contributed by atoms with Gasteiger partial charge in [0.15, 0.2) is 0 Å². The Morgan fingerprint density at radius 2 is 2.09 bits per heavy atom. The van der Waals surface area contributed by atoms with E-state index in [4.69, 9.17) is 0 Å². The van der Waals surface area contributed by atoms with Crippen molar-refractivity contribution in [3.63, 3.8) is 0 Å². The van der Waals surface area contributed by atoms with Crippen LogP contribution in [0.5, 0.6) is 0 Å². The van der Waals surface area contributed by atoms with Crippen molar-refractivity contribution in [1.82, 2.24) is 0 Å². The summed E-state index contributed by atoms with van der Waals surface area (Å²) >= 11 is 0. The van der Waals surface area contributed by atoms with Gasteiger partial charge in [0.2, 0.25) is 0 Å². The molecule has 0 amide bonds. The highest BCUT2D eigenvalue weighted by Gasteiger charge is 2.22. The van der Waals surface area contributed by atoms with Crippen LogP contribution in [0.4, 0.5) is 0 Å². The van der Waals surface area contributed by atoms with Crippen molar-refractivity contribution in [2.24, 2.45) is 17.8 Å². The van der Waals surface area contributed by atoms with Crippen molar-refractivity contribution < 1.29 is 0 Å². The molecule has 2 unspecified atom stereocenters. The third-order valence-corrected chi connectivity index (χ3v) is 3.24. The molecule has 0 aromatic heterocycles. The van der Waals surface area contributed by atoms with E-state index in [1.165, 1.54) is 32.1 Å². The Bertz CT molecular complexity index is 107. The summed E-state index contributed by atoms with van der Waals surface area (Å²) in [5, 5.41) is 0. The van der Waals surface area contributed by atoms with Gasteiger partial charge in [-0.1, -0.05) is 40.0 Å². The Morgan fingerprint density at radius 1 is 1.36 bits per heavy atom. The van der Waals surface area contributed by atoms with Crippen molar-refractivity contribution >= 4 is 0 Å². The van der Waals surface area contributed by atoms with Gasteiger partial charge in [0, 0.05) is 0 Å². The summed E-state index contributed by atoms with van der Waals surface area (Å²) in [4.78, 5) is 0. The molecule has 0 aromatic rings. The lowest BCUT2D eigenvalue weighted by atomic mass is 9.92. The molecule has 1 saturated carbocycles. The number of hydrogen-bond donors (Lipinski definition) is 0. The number of rotatable bonds is 3. The highest BCUT2D eigenvalue weighted by Crippen LogP contribution is 2.34. The minimum Gasteiger partial charge on any atom is -0.0651 e. The Balaban J connectivity index is 2.17. The maximum Gasteiger partial charge on any atom is -0.0409 e. The second kappa shape index (κ2) is 4.13. The summed E-state index contributed by atoms with van der Waals surface area (Å²) in [6.07, 6.45) is 7.35. The fourth-order valence-corrected chi connectivity index (χ4v) is 2.27. The van der Waals surface area contributed by atoms with Crippen molar-refractivity contribution in [3.05, 3.63) is 0 Å². The van der Waals surface area contributed by atoms with Gasteiger partial charge >= 0.3 is 0 Å². The zero-order valence-corrected chi connectivity index (χ0v) is 8.27. The number of hydrogen-bond acceptors (Lipinski definition) is 0. The molecule has 0 bridgehead atoms. The normalized spacial score (nSPS) is 34.1. The molecule has 0 nitrogen and oxygen atoms in total. The molecule has 0 radical (unpaired) electrons. The fourth-order valence-electron chi connectivity index (χ4n) is 2.27. The van der Waals surface area contributed by atoms with E-state index in [1.807, 2.05) is 0 Å². The molecule has 0 aromatic carbocycles. The minimum absolute atomic E-state index is 0.963. The SMILES string of the molecule is CCC(C)CC1CC[C@H](C)C1. The van der Waals surface area contributed by atoms with Crippen molar-refractivity contribution in [2.45, 2.75) is 52.9 Å². The van der Waals surface area contributed by atoms with Gasteiger partial charge in [-0.3, -0.25) is 0 Å². The summed E-state index contributed by atoms with van der Waals surface area (Å²) < 4.78 is 0. The molecule has 3 atom stereocenters. The van der Waals surface area contributed by atoms with E-state index in [-0.39, 0.29) is 0 Å². The molecular weight excluding hydrogens is 132 g/mol. The lowest BCUT2D eigenvalue weighted by Crippen LogP contribution is -2.01. The molecule has 11 heavy (non-hydrogen) atoms. The Morgan fingerprint density at radius 3 is 2.55 bits per heavy atom. The molecular formula is C11H22. The van der Waals surface area contributed by atoms with Gasteiger partial charge < -0.3 is 0 Å². The fraction of sp³-hybridized carbons (Fsp3) is 1.00. The van der Waals surface area contributed by atoms with Gasteiger partial charge in [-0.05, 0) is 30.6 Å². The van der Waals surface area contributed by atoms with Crippen LogP contribution in [0.15, 0.2) is 0 Å².